The summed E-state index contributed by atoms with van der Waals surface area (Å²) >= 11 is 0. The van der Waals surface area contributed by atoms with E-state index in [9.17, 15) is 4.39 Å². The summed E-state index contributed by atoms with van der Waals surface area (Å²) in [5.74, 6) is 3.44. The lowest BCUT2D eigenvalue weighted by Crippen LogP contribution is -2.43. The highest BCUT2D eigenvalue weighted by Crippen LogP contribution is 2.42. The average molecular weight is 629 g/mol. The molecule has 0 radical (unpaired) electrons. The molecular formula is C36H38F2N4O4. The van der Waals surface area contributed by atoms with Crippen LogP contribution in [0.2, 0.25) is 0 Å². The van der Waals surface area contributed by atoms with Gasteiger partial charge in [-0.05, 0) is 79.1 Å². The maximum absolute atomic E-state index is 15.1. The number of hydrogen-bond donors (Lipinski definition) is 0. The summed E-state index contributed by atoms with van der Waals surface area (Å²) in [6.45, 7) is 6.46. The van der Waals surface area contributed by atoms with Gasteiger partial charge in [0.15, 0.2) is 6.79 Å². The number of aromatic nitrogens is 2. The Labute approximate surface area is 267 Å². The smallest absolute Gasteiger partial charge is 0.319 e. The number of anilines is 1. The molecular weight excluding hydrogens is 590 g/mol. The first-order chi connectivity index (χ1) is 22.4. The number of methoxy groups -OCH3 is 1. The van der Waals surface area contributed by atoms with Crippen LogP contribution in [0.15, 0.2) is 36.4 Å². The number of hydrogen-bond acceptors (Lipinski definition) is 8. The number of ether oxygens (including phenoxy) is 4. The lowest BCUT2D eigenvalue weighted by Gasteiger charge is -2.31. The van der Waals surface area contributed by atoms with Crippen molar-refractivity contribution in [3.63, 3.8) is 0 Å². The van der Waals surface area contributed by atoms with E-state index in [1.54, 1.807) is 13.2 Å². The van der Waals surface area contributed by atoms with Gasteiger partial charge in [-0.25, -0.2) is 8.78 Å². The van der Waals surface area contributed by atoms with Gasteiger partial charge in [0.1, 0.15) is 30.2 Å². The van der Waals surface area contributed by atoms with E-state index in [1.807, 2.05) is 31.2 Å². The second-order valence-electron chi connectivity index (χ2n) is 12.5. The third-order valence-corrected chi connectivity index (χ3v) is 9.65. The molecule has 3 aromatic carbocycles. The Hall–Kier alpha value is -4.04. The van der Waals surface area contributed by atoms with Gasteiger partial charge in [0.05, 0.1) is 23.2 Å². The van der Waals surface area contributed by atoms with E-state index in [0.717, 1.165) is 65.6 Å². The fourth-order valence-electron chi connectivity index (χ4n) is 7.48. The fourth-order valence-corrected chi connectivity index (χ4v) is 7.48. The second kappa shape index (κ2) is 12.6. The number of aryl methyl sites for hydroxylation is 1. The maximum Gasteiger partial charge on any atom is 0.319 e. The number of alkyl halides is 1. The lowest BCUT2D eigenvalue weighted by molar-refractivity contribution is 0.0512. The van der Waals surface area contributed by atoms with Gasteiger partial charge in [-0.15, -0.1) is 6.42 Å². The van der Waals surface area contributed by atoms with Gasteiger partial charge in [0.25, 0.3) is 0 Å². The quantitative estimate of drug-likeness (QED) is 0.173. The number of terminal acetylenes is 1. The van der Waals surface area contributed by atoms with E-state index in [2.05, 4.69) is 15.7 Å². The third kappa shape index (κ3) is 5.51. The summed E-state index contributed by atoms with van der Waals surface area (Å²) in [5.41, 5.74) is 2.98. The molecule has 0 spiro atoms. The molecule has 7 rings (SSSR count). The van der Waals surface area contributed by atoms with E-state index < -0.39 is 12.0 Å². The van der Waals surface area contributed by atoms with Crippen molar-refractivity contribution >= 4 is 27.5 Å². The summed E-state index contributed by atoms with van der Waals surface area (Å²) in [7, 11) is 1.56. The highest BCUT2D eigenvalue weighted by atomic mass is 19.1. The lowest BCUT2D eigenvalue weighted by atomic mass is 9.90. The van der Waals surface area contributed by atoms with Crippen LogP contribution in [0.5, 0.6) is 11.8 Å². The molecule has 4 aromatic rings. The molecule has 46 heavy (non-hydrogen) atoms. The van der Waals surface area contributed by atoms with Crippen molar-refractivity contribution in [2.24, 2.45) is 0 Å². The molecule has 8 nitrogen and oxygen atoms in total. The summed E-state index contributed by atoms with van der Waals surface area (Å²) in [6.07, 6.45) is 8.25. The van der Waals surface area contributed by atoms with Gasteiger partial charge in [-0.3, -0.25) is 4.90 Å². The van der Waals surface area contributed by atoms with Gasteiger partial charge in [-0.1, -0.05) is 18.1 Å². The van der Waals surface area contributed by atoms with Crippen molar-refractivity contribution in [2.75, 3.05) is 64.8 Å². The van der Waals surface area contributed by atoms with Crippen molar-refractivity contribution in [2.45, 2.75) is 44.3 Å². The molecule has 0 bridgehead atoms. The third-order valence-electron chi connectivity index (χ3n) is 9.65. The summed E-state index contributed by atoms with van der Waals surface area (Å²) in [6, 6.07) is 11.1. The Morgan fingerprint density at radius 1 is 1.07 bits per heavy atom. The monoisotopic (exact) mass is 628 g/mol. The first-order valence-electron chi connectivity index (χ1n) is 15.9. The van der Waals surface area contributed by atoms with Crippen molar-refractivity contribution in [1.29, 1.82) is 0 Å². The van der Waals surface area contributed by atoms with Crippen LogP contribution in [0.4, 0.5) is 14.6 Å². The zero-order valence-electron chi connectivity index (χ0n) is 26.3. The second-order valence-corrected chi connectivity index (χ2v) is 12.5. The number of halogens is 2. The van der Waals surface area contributed by atoms with Crippen LogP contribution < -0.4 is 14.4 Å². The first kappa shape index (κ1) is 30.6. The average Bonchev–Trinajstić information content (AvgIpc) is 3.44. The SMILES string of the molecule is C#Cc1c(F)ccc2cc(OCOC)cc(-c3ccc4c(N5CCCOCC5)nc(OC[C@@]56CCCN5C[C@H](F)C6)nc4c3C)c12. The number of fused-ring (bicyclic) bond motifs is 3. The van der Waals surface area contributed by atoms with Crippen molar-refractivity contribution < 1.29 is 27.7 Å². The predicted molar refractivity (Wildman–Crippen MR) is 174 cm³/mol. The number of benzene rings is 3. The number of nitrogens with zero attached hydrogens (tertiary/aromatic N) is 4. The molecule has 3 aliphatic heterocycles. The molecule has 3 saturated heterocycles. The predicted octanol–water partition coefficient (Wildman–Crippen LogP) is 6.04. The molecule has 0 unspecified atom stereocenters. The molecule has 4 heterocycles. The molecule has 0 N–H and O–H groups in total. The molecule has 240 valence electrons. The molecule has 0 aliphatic carbocycles. The highest BCUT2D eigenvalue weighted by Gasteiger charge is 2.49. The molecule has 0 saturated carbocycles. The van der Waals surface area contributed by atoms with E-state index in [0.29, 0.717) is 56.0 Å². The zero-order valence-corrected chi connectivity index (χ0v) is 26.3. The van der Waals surface area contributed by atoms with Crippen molar-refractivity contribution in [3.8, 4) is 35.2 Å². The van der Waals surface area contributed by atoms with Crippen LogP contribution in [0, 0.1) is 25.1 Å². The maximum atomic E-state index is 15.1. The largest absolute Gasteiger partial charge is 0.468 e. The van der Waals surface area contributed by atoms with Gasteiger partial charge < -0.3 is 23.8 Å². The highest BCUT2D eigenvalue weighted by molar-refractivity contribution is 6.05. The first-order valence-corrected chi connectivity index (χ1v) is 15.9. The Balaban J connectivity index is 1.38. The minimum atomic E-state index is -0.852. The van der Waals surface area contributed by atoms with E-state index >= 15 is 4.39 Å². The standard InChI is InChI=1S/C36H38F2N4O4/c1-4-27-31(38)10-7-24-17-26(46-22-43-3)18-30(32(24)27)28-8-9-29-33(23(28)2)39-35(40-34(29)41-12-6-15-44-16-14-41)45-21-36-11-5-13-42(36)20-25(37)19-36/h1,7-10,17-18,25H,5-6,11-16,19-22H2,2-3H3/t25-,36+/m1/s1. The van der Waals surface area contributed by atoms with Gasteiger partial charge in [-0.2, -0.15) is 9.97 Å². The number of rotatable bonds is 8. The Bertz CT molecular complexity index is 1820. The van der Waals surface area contributed by atoms with Crippen LogP contribution >= 0.6 is 0 Å². The van der Waals surface area contributed by atoms with Crippen LogP contribution in [0.3, 0.4) is 0 Å². The Morgan fingerprint density at radius 3 is 2.80 bits per heavy atom. The molecule has 10 heteroatoms. The van der Waals surface area contributed by atoms with Crippen molar-refractivity contribution in [1.82, 2.24) is 14.9 Å². The Morgan fingerprint density at radius 2 is 1.96 bits per heavy atom. The molecule has 3 aliphatic rings. The van der Waals surface area contributed by atoms with Gasteiger partial charge >= 0.3 is 6.01 Å². The van der Waals surface area contributed by atoms with E-state index in [-0.39, 0.29) is 23.9 Å². The van der Waals surface area contributed by atoms with Gasteiger partial charge in [0, 0.05) is 50.5 Å². The molecule has 2 atom stereocenters. The molecule has 3 fully saturated rings. The van der Waals surface area contributed by atoms with Crippen LogP contribution in [-0.2, 0) is 9.47 Å². The fraction of sp³-hybridized carbons (Fsp3) is 0.444. The summed E-state index contributed by atoms with van der Waals surface area (Å²) in [5, 5.41) is 2.24. The minimum Gasteiger partial charge on any atom is -0.468 e. The van der Waals surface area contributed by atoms with Crippen LogP contribution in [0.1, 0.15) is 36.8 Å². The molecule has 0 amide bonds. The zero-order chi connectivity index (χ0) is 31.8. The van der Waals surface area contributed by atoms with E-state index in [4.69, 9.17) is 35.3 Å². The van der Waals surface area contributed by atoms with E-state index in [1.165, 1.54) is 6.07 Å². The van der Waals surface area contributed by atoms with Gasteiger partial charge in [0.2, 0.25) is 0 Å². The van der Waals surface area contributed by atoms with Crippen LogP contribution in [0.25, 0.3) is 32.8 Å². The van der Waals surface area contributed by atoms with Crippen LogP contribution in [-0.4, -0.2) is 86.5 Å². The summed E-state index contributed by atoms with van der Waals surface area (Å²) in [4.78, 5) is 14.4. The topological polar surface area (TPSA) is 69.2 Å². The normalized spacial score (nSPS) is 21.8. The summed E-state index contributed by atoms with van der Waals surface area (Å²) < 4.78 is 52.7. The van der Waals surface area contributed by atoms with Crippen molar-refractivity contribution in [3.05, 3.63) is 53.3 Å². The molecule has 1 aromatic heterocycles. The minimum absolute atomic E-state index is 0.0593. The Kier molecular flexibility index (Phi) is 8.40.